The summed E-state index contributed by atoms with van der Waals surface area (Å²) in [7, 11) is 1.59. The second-order valence-electron chi connectivity index (χ2n) is 6.19. The van der Waals surface area contributed by atoms with Crippen LogP contribution in [-0.2, 0) is 19.7 Å². The van der Waals surface area contributed by atoms with Crippen LogP contribution in [-0.4, -0.2) is 7.11 Å². The van der Waals surface area contributed by atoms with E-state index in [0.717, 1.165) is 12.1 Å². The van der Waals surface area contributed by atoms with Gasteiger partial charge in [-0.3, -0.25) is 0 Å². The van der Waals surface area contributed by atoms with Crippen LogP contribution in [0.15, 0.2) is 60.7 Å². The molecule has 0 saturated heterocycles. The maximum Gasteiger partial charge on any atom is 0.180 e. The molecule has 0 aliphatic heterocycles. The molecular formula is C22H20Cl3NO2. The molecule has 0 aliphatic carbocycles. The summed E-state index contributed by atoms with van der Waals surface area (Å²) >= 11 is 18.9. The number of hydrogen-bond donors (Lipinski definition) is 1. The van der Waals surface area contributed by atoms with Crippen molar-refractivity contribution in [2.75, 3.05) is 7.11 Å². The smallest absolute Gasteiger partial charge is 0.180 e. The molecule has 0 saturated carbocycles. The van der Waals surface area contributed by atoms with E-state index in [-0.39, 0.29) is 6.61 Å². The third-order valence-electron chi connectivity index (χ3n) is 4.21. The Kier molecular flexibility index (Phi) is 7.46. The van der Waals surface area contributed by atoms with Gasteiger partial charge in [0.2, 0.25) is 0 Å². The third kappa shape index (κ3) is 5.33. The van der Waals surface area contributed by atoms with E-state index in [9.17, 15) is 0 Å². The van der Waals surface area contributed by atoms with Crippen LogP contribution in [0.3, 0.4) is 0 Å². The zero-order valence-electron chi connectivity index (χ0n) is 15.3. The van der Waals surface area contributed by atoms with Gasteiger partial charge < -0.3 is 14.8 Å². The normalized spacial score (nSPS) is 10.7. The van der Waals surface area contributed by atoms with Crippen LogP contribution in [0.4, 0.5) is 0 Å². The molecule has 0 unspecified atom stereocenters. The molecule has 0 aliphatic rings. The highest BCUT2D eigenvalue weighted by molar-refractivity contribution is 6.36. The number of hydrogen-bond acceptors (Lipinski definition) is 3. The van der Waals surface area contributed by atoms with Crippen molar-refractivity contribution in [3.63, 3.8) is 0 Å². The van der Waals surface area contributed by atoms with Crippen molar-refractivity contribution in [1.82, 2.24) is 5.32 Å². The average Bonchev–Trinajstić information content (AvgIpc) is 2.69. The van der Waals surface area contributed by atoms with Gasteiger partial charge in [0.25, 0.3) is 0 Å². The first-order valence-electron chi connectivity index (χ1n) is 8.75. The van der Waals surface area contributed by atoms with Gasteiger partial charge in [0, 0.05) is 28.7 Å². The summed E-state index contributed by atoms with van der Waals surface area (Å²) < 4.78 is 11.4. The number of ether oxygens (including phenoxy) is 2. The zero-order chi connectivity index (χ0) is 19.9. The van der Waals surface area contributed by atoms with E-state index in [2.05, 4.69) is 17.4 Å². The minimum Gasteiger partial charge on any atom is -0.493 e. The van der Waals surface area contributed by atoms with Crippen molar-refractivity contribution in [2.24, 2.45) is 0 Å². The number of rotatable bonds is 8. The largest absolute Gasteiger partial charge is 0.493 e. The van der Waals surface area contributed by atoms with Crippen molar-refractivity contribution >= 4 is 34.8 Å². The Bertz CT molecular complexity index is 912. The summed E-state index contributed by atoms with van der Waals surface area (Å²) in [6.07, 6.45) is 0. The van der Waals surface area contributed by atoms with Crippen LogP contribution in [0.5, 0.6) is 11.5 Å². The molecule has 6 heteroatoms. The fourth-order valence-electron chi connectivity index (χ4n) is 2.78. The summed E-state index contributed by atoms with van der Waals surface area (Å²) in [5.41, 5.74) is 2.93. The van der Waals surface area contributed by atoms with Crippen LogP contribution in [0, 0.1) is 0 Å². The Balaban J connectivity index is 1.69. The van der Waals surface area contributed by atoms with Crippen LogP contribution in [0.2, 0.25) is 15.1 Å². The summed E-state index contributed by atoms with van der Waals surface area (Å²) in [5, 5.41) is 4.96. The van der Waals surface area contributed by atoms with Gasteiger partial charge in [-0.25, -0.2) is 0 Å². The van der Waals surface area contributed by atoms with E-state index in [1.54, 1.807) is 25.3 Å². The van der Waals surface area contributed by atoms with Gasteiger partial charge >= 0.3 is 0 Å². The van der Waals surface area contributed by atoms with E-state index in [4.69, 9.17) is 44.3 Å². The highest BCUT2D eigenvalue weighted by Crippen LogP contribution is 2.38. The first kappa shape index (κ1) is 20.8. The van der Waals surface area contributed by atoms with Crippen molar-refractivity contribution < 1.29 is 9.47 Å². The lowest BCUT2D eigenvalue weighted by Gasteiger charge is -2.15. The molecule has 3 nitrogen and oxygen atoms in total. The molecule has 0 radical (unpaired) electrons. The van der Waals surface area contributed by atoms with Crippen molar-refractivity contribution in [2.45, 2.75) is 19.7 Å². The molecule has 28 heavy (non-hydrogen) atoms. The first-order chi connectivity index (χ1) is 13.6. The van der Waals surface area contributed by atoms with E-state index in [1.165, 1.54) is 5.56 Å². The van der Waals surface area contributed by atoms with Crippen molar-refractivity contribution in [1.29, 1.82) is 0 Å². The van der Waals surface area contributed by atoms with E-state index in [1.807, 2.05) is 30.3 Å². The van der Waals surface area contributed by atoms with Gasteiger partial charge in [-0.15, -0.1) is 0 Å². The van der Waals surface area contributed by atoms with Crippen LogP contribution in [0.25, 0.3) is 0 Å². The number of benzene rings is 3. The average molecular weight is 437 g/mol. The van der Waals surface area contributed by atoms with Gasteiger partial charge in [-0.1, -0.05) is 71.2 Å². The number of nitrogens with one attached hydrogen (secondary N) is 1. The Hall–Kier alpha value is -1.91. The highest BCUT2D eigenvalue weighted by atomic mass is 35.5. The number of methoxy groups -OCH3 is 1. The highest BCUT2D eigenvalue weighted by Gasteiger charge is 2.14. The molecule has 0 fully saturated rings. The van der Waals surface area contributed by atoms with Crippen molar-refractivity contribution in [3.05, 3.63) is 92.4 Å². The zero-order valence-corrected chi connectivity index (χ0v) is 17.6. The minimum absolute atomic E-state index is 0.195. The molecule has 0 aromatic heterocycles. The maximum atomic E-state index is 6.46. The van der Waals surface area contributed by atoms with Gasteiger partial charge in [-0.2, -0.15) is 0 Å². The van der Waals surface area contributed by atoms with Crippen molar-refractivity contribution in [3.8, 4) is 11.5 Å². The molecule has 0 atom stereocenters. The fraction of sp³-hybridized carbons (Fsp3) is 0.182. The summed E-state index contributed by atoms with van der Waals surface area (Å²) in [6.45, 7) is 1.62. The summed E-state index contributed by atoms with van der Waals surface area (Å²) in [6, 6.07) is 19.3. The topological polar surface area (TPSA) is 30.5 Å². The molecule has 1 N–H and O–H groups in total. The first-order valence-corrected chi connectivity index (χ1v) is 9.88. The standard InChI is InChI=1S/C22H20Cl3NO2/c1-27-21-11-16(13-26-12-15-6-3-2-4-7-15)10-20(25)22(21)28-14-17-18(23)8-5-9-19(17)24/h2-11,26H,12-14H2,1H3. The minimum atomic E-state index is 0.195. The lowest BCUT2D eigenvalue weighted by atomic mass is 10.1. The molecule has 3 aromatic carbocycles. The summed E-state index contributed by atoms with van der Waals surface area (Å²) in [4.78, 5) is 0. The SMILES string of the molecule is COc1cc(CNCc2ccccc2)cc(Cl)c1OCc1c(Cl)cccc1Cl. The quantitative estimate of drug-likeness (QED) is 0.436. The second kappa shape index (κ2) is 10.0. The maximum absolute atomic E-state index is 6.46. The molecule has 0 amide bonds. The molecule has 0 bridgehead atoms. The number of halogens is 3. The Morgan fingerprint density at radius 1 is 0.786 bits per heavy atom. The molecule has 0 spiro atoms. The molecule has 3 rings (SSSR count). The Morgan fingerprint density at radius 2 is 1.46 bits per heavy atom. The Morgan fingerprint density at radius 3 is 2.14 bits per heavy atom. The molecule has 3 aromatic rings. The van der Waals surface area contributed by atoms with Gasteiger partial charge in [0.15, 0.2) is 11.5 Å². The third-order valence-corrected chi connectivity index (χ3v) is 5.20. The van der Waals surface area contributed by atoms with E-state index < -0.39 is 0 Å². The monoisotopic (exact) mass is 435 g/mol. The van der Waals surface area contributed by atoms with Gasteiger partial charge in [0.1, 0.15) is 6.61 Å². The van der Waals surface area contributed by atoms with E-state index >= 15 is 0 Å². The van der Waals surface area contributed by atoms with Crippen LogP contribution >= 0.6 is 34.8 Å². The van der Waals surface area contributed by atoms with Gasteiger partial charge in [0.05, 0.1) is 12.1 Å². The van der Waals surface area contributed by atoms with E-state index in [0.29, 0.717) is 38.7 Å². The predicted octanol–water partition coefficient (Wildman–Crippen LogP) is 6.52. The molecule has 0 heterocycles. The molecule has 146 valence electrons. The predicted molar refractivity (Wildman–Crippen MR) is 116 cm³/mol. The Labute approximate surface area is 180 Å². The lowest BCUT2D eigenvalue weighted by Crippen LogP contribution is -2.12. The summed E-state index contributed by atoms with van der Waals surface area (Å²) in [5.74, 6) is 1.03. The van der Waals surface area contributed by atoms with Gasteiger partial charge in [-0.05, 0) is 35.4 Å². The second-order valence-corrected chi connectivity index (χ2v) is 7.41. The van der Waals surface area contributed by atoms with Crippen LogP contribution < -0.4 is 14.8 Å². The van der Waals surface area contributed by atoms with Crippen LogP contribution in [0.1, 0.15) is 16.7 Å². The molecular weight excluding hydrogens is 417 g/mol. The fourth-order valence-corrected chi connectivity index (χ4v) is 3.57. The lowest BCUT2D eigenvalue weighted by molar-refractivity contribution is 0.284.